The number of para-hydroxylation sites is 1. The number of halogens is 1. The molecule has 0 fully saturated rings. The van der Waals surface area contributed by atoms with Crippen LogP contribution >= 0.6 is 11.8 Å². The van der Waals surface area contributed by atoms with E-state index in [0.717, 1.165) is 11.8 Å². The lowest BCUT2D eigenvalue weighted by Gasteiger charge is -2.24. The molecule has 1 N–H and O–H groups in total. The second-order valence-corrected chi connectivity index (χ2v) is 6.13. The summed E-state index contributed by atoms with van der Waals surface area (Å²) in [6.07, 6.45) is 0. The Labute approximate surface area is 114 Å². The standard InChI is InChI=1S/C13H15FN2O2S/c1-13(2,3)16-9-6-4-5-8(14)11(9)15-12(16)19-7-10(17)18/h4-6H,7H2,1-3H3,(H,17,18). The van der Waals surface area contributed by atoms with E-state index < -0.39 is 11.8 Å². The van der Waals surface area contributed by atoms with Crippen LogP contribution in [-0.2, 0) is 10.3 Å². The first-order valence-corrected chi connectivity index (χ1v) is 6.81. The SMILES string of the molecule is CC(C)(C)n1c(SCC(=O)O)nc2c(F)cccc21. The summed E-state index contributed by atoms with van der Waals surface area (Å²) in [4.78, 5) is 14.9. The van der Waals surface area contributed by atoms with E-state index in [1.165, 1.54) is 6.07 Å². The minimum Gasteiger partial charge on any atom is -0.481 e. The van der Waals surface area contributed by atoms with Gasteiger partial charge in [-0.05, 0) is 32.9 Å². The number of aromatic nitrogens is 2. The van der Waals surface area contributed by atoms with Crippen LogP contribution in [0.25, 0.3) is 11.0 Å². The molecule has 2 rings (SSSR count). The molecule has 102 valence electrons. The maximum atomic E-state index is 13.8. The zero-order valence-electron chi connectivity index (χ0n) is 11.0. The molecule has 0 aliphatic rings. The Morgan fingerprint density at radius 3 is 2.74 bits per heavy atom. The molecule has 6 heteroatoms. The van der Waals surface area contributed by atoms with Crippen molar-refractivity contribution in [3.63, 3.8) is 0 Å². The number of hydrogen-bond donors (Lipinski definition) is 1. The summed E-state index contributed by atoms with van der Waals surface area (Å²) in [6, 6.07) is 4.78. The van der Waals surface area contributed by atoms with E-state index in [0.29, 0.717) is 10.7 Å². The van der Waals surface area contributed by atoms with E-state index in [9.17, 15) is 9.18 Å². The molecule has 4 nitrogen and oxygen atoms in total. The second kappa shape index (κ2) is 4.85. The number of carboxylic acid groups (broad SMARTS) is 1. The van der Waals surface area contributed by atoms with E-state index >= 15 is 0 Å². The summed E-state index contributed by atoms with van der Waals surface area (Å²) >= 11 is 1.10. The zero-order chi connectivity index (χ0) is 14.2. The van der Waals surface area contributed by atoms with Gasteiger partial charge in [0.25, 0.3) is 0 Å². The van der Waals surface area contributed by atoms with Gasteiger partial charge in [-0.3, -0.25) is 4.79 Å². The Hall–Kier alpha value is -1.56. The van der Waals surface area contributed by atoms with Crippen LogP contribution in [0.5, 0.6) is 0 Å². The Morgan fingerprint density at radius 1 is 1.47 bits per heavy atom. The largest absolute Gasteiger partial charge is 0.481 e. The van der Waals surface area contributed by atoms with Crippen LogP contribution in [0, 0.1) is 5.82 Å². The van der Waals surface area contributed by atoms with Crippen molar-refractivity contribution in [3.8, 4) is 0 Å². The first-order chi connectivity index (χ1) is 8.80. The van der Waals surface area contributed by atoms with Crippen molar-refractivity contribution in [2.24, 2.45) is 0 Å². The van der Waals surface area contributed by atoms with Gasteiger partial charge in [0.2, 0.25) is 0 Å². The summed E-state index contributed by atoms with van der Waals surface area (Å²) < 4.78 is 15.6. The Morgan fingerprint density at radius 2 is 2.16 bits per heavy atom. The Kier molecular flexibility index (Phi) is 3.54. The van der Waals surface area contributed by atoms with E-state index in [-0.39, 0.29) is 16.8 Å². The highest BCUT2D eigenvalue weighted by Crippen LogP contribution is 2.31. The molecule has 0 bridgehead atoms. The van der Waals surface area contributed by atoms with Crippen molar-refractivity contribution in [2.45, 2.75) is 31.5 Å². The van der Waals surface area contributed by atoms with Gasteiger partial charge in [-0.25, -0.2) is 9.37 Å². The highest BCUT2D eigenvalue weighted by atomic mass is 32.2. The van der Waals surface area contributed by atoms with Crippen LogP contribution in [0.3, 0.4) is 0 Å². The fraction of sp³-hybridized carbons (Fsp3) is 0.385. The summed E-state index contributed by atoms with van der Waals surface area (Å²) in [6.45, 7) is 5.93. The van der Waals surface area contributed by atoms with Crippen molar-refractivity contribution in [2.75, 3.05) is 5.75 Å². The van der Waals surface area contributed by atoms with Crippen LogP contribution in [-0.4, -0.2) is 26.4 Å². The molecule has 0 atom stereocenters. The number of aliphatic carboxylic acids is 1. The van der Waals surface area contributed by atoms with Crippen LogP contribution in [0.1, 0.15) is 20.8 Å². The van der Waals surface area contributed by atoms with Crippen LogP contribution in [0.15, 0.2) is 23.4 Å². The molecule has 0 aliphatic heterocycles. The maximum Gasteiger partial charge on any atom is 0.313 e. The van der Waals surface area contributed by atoms with E-state index in [4.69, 9.17) is 5.11 Å². The number of carboxylic acids is 1. The van der Waals surface area contributed by atoms with Crippen molar-refractivity contribution in [1.82, 2.24) is 9.55 Å². The fourth-order valence-electron chi connectivity index (χ4n) is 1.92. The number of benzene rings is 1. The molecule has 0 radical (unpaired) electrons. The third kappa shape index (κ3) is 2.73. The van der Waals surface area contributed by atoms with Crippen LogP contribution < -0.4 is 0 Å². The third-order valence-corrected chi connectivity index (χ3v) is 3.52. The first kappa shape index (κ1) is 13.9. The van der Waals surface area contributed by atoms with E-state index in [1.807, 2.05) is 25.3 Å². The van der Waals surface area contributed by atoms with Gasteiger partial charge in [0, 0.05) is 5.54 Å². The Balaban J connectivity index is 2.61. The van der Waals surface area contributed by atoms with Crippen molar-refractivity contribution < 1.29 is 14.3 Å². The maximum absolute atomic E-state index is 13.8. The average Bonchev–Trinajstić information content (AvgIpc) is 2.66. The quantitative estimate of drug-likeness (QED) is 0.879. The minimum absolute atomic E-state index is 0.0962. The lowest BCUT2D eigenvalue weighted by molar-refractivity contribution is -0.133. The average molecular weight is 282 g/mol. The molecular weight excluding hydrogens is 267 g/mol. The summed E-state index contributed by atoms with van der Waals surface area (Å²) in [5.74, 6) is -1.41. The lowest BCUT2D eigenvalue weighted by atomic mass is 10.1. The number of rotatable bonds is 3. The normalized spacial score (nSPS) is 12.0. The highest BCUT2D eigenvalue weighted by molar-refractivity contribution is 7.99. The summed E-state index contributed by atoms with van der Waals surface area (Å²) in [7, 11) is 0. The molecule has 0 saturated heterocycles. The predicted octanol–water partition coefficient (Wildman–Crippen LogP) is 3.11. The van der Waals surface area contributed by atoms with Gasteiger partial charge in [-0.2, -0.15) is 0 Å². The van der Waals surface area contributed by atoms with Crippen molar-refractivity contribution in [3.05, 3.63) is 24.0 Å². The molecule has 0 saturated carbocycles. The van der Waals surface area contributed by atoms with Gasteiger partial charge in [0.05, 0.1) is 11.3 Å². The number of nitrogens with zero attached hydrogens (tertiary/aromatic N) is 2. The molecular formula is C13H15FN2O2S. The van der Waals surface area contributed by atoms with E-state index in [1.54, 1.807) is 12.1 Å². The monoisotopic (exact) mass is 282 g/mol. The molecule has 1 aromatic carbocycles. The van der Waals surface area contributed by atoms with Gasteiger partial charge >= 0.3 is 5.97 Å². The highest BCUT2D eigenvalue weighted by Gasteiger charge is 2.23. The first-order valence-electron chi connectivity index (χ1n) is 5.83. The van der Waals surface area contributed by atoms with Crippen LogP contribution in [0.2, 0.25) is 0 Å². The Bertz CT molecular complexity index is 631. The lowest BCUT2D eigenvalue weighted by Crippen LogP contribution is -2.22. The molecule has 0 unspecified atom stereocenters. The zero-order valence-corrected chi connectivity index (χ0v) is 11.8. The number of thioether (sulfide) groups is 1. The number of hydrogen-bond acceptors (Lipinski definition) is 3. The van der Waals surface area contributed by atoms with E-state index in [2.05, 4.69) is 4.98 Å². The molecule has 0 spiro atoms. The summed E-state index contributed by atoms with van der Waals surface area (Å²) in [5, 5.41) is 9.29. The van der Waals surface area contributed by atoms with Gasteiger partial charge in [0.15, 0.2) is 11.0 Å². The molecule has 0 amide bonds. The molecule has 1 heterocycles. The third-order valence-electron chi connectivity index (χ3n) is 2.60. The molecule has 19 heavy (non-hydrogen) atoms. The minimum atomic E-state index is -0.919. The number of imidazole rings is 1. The fourth-order valence-corrected chi connectivity index (χ4v) is 2.82. The van der Waals surface area contributed by atoms with Gasteiger partial charge in [0.1, 0.15) is 5.52 Å². The van der Waals surface area contributed by atoms with Crippen molar-refractivity contribution in [1.29, 1.82) is 0 Å². The summed E-state index contributed by atoms with van der Waals surface area (Å²) in [5.41, 5.74) is 0.661. The van der Waals surface area contributed by atoms with Gasteiger partial charge in [-0.15, -0.1) is 0 Å². The smallest absolute Gasteiger partial charge is 0.313 e. The van der Waals surface area contributed by atoms with Crippen LogP contribution in [0.4, 0.5) is 4.39 Å². The predicted molar refractivity (Wildman–Crippen MR) is 73.0 cm³/mol. The van der Waals surface area contributed by atoms with Gasteiger partial charge in [-0.1, -0.05) is 17.8 Å². The number of carbonyl (C=O) groups is 1. The molecule has 1 aromatic heterocycles. The van der Waals surface area contributed by atoms with Crippen molar-refractivity contribution >= 4 is 28.8 Å². The second-order valence-electron chi connectivity index (χ2n) is 5.19. The number of fused-ring (bicyclic) bond motifs is 1. The topological polar surface area (TPSA) is 55.1 Å². The molecule has 0 aliphatic carbocycles. The molecule has 2 aromatic rings. The van der Waals surface area contributed by atoms with Gasteiger partial charge < -0.3 is 9.67 Å².